The molecule has 0 aliphatic carbocycles. The van der Waals surface area contributed by atoms with Crippen molar-refractivity contribution >= 4 is 23.2 Å². The normalized spacial score (nSPS) is 12.4. The van der Waals surface area contributed by atoms with Gasteiger partial charge < -0.3 is 5.32 Å². The van der Waals surface area contributed by atoms with Crippen molar-refractivity contribution in [2.24, 2.45) is 0 Å². The molecule has 1 unspecified atom stereocenters. The van der Waals surface area contributed by atoms with Crippen LogP contribution in [0.5, 0.6) is 0 Å². The highest BCUT2D eigenvalue weighted by Gasteiger charge is 2.09. The molecule has 2 aromatic carbocycles. The SMILES string of the molecule is Cc1ccccc1CC(C)NCc1c(Cl)cccc1Cl. The molecule has 0 amide bonds. The van der Waals surface area contributed by atoms with Crippen LogP contribution in [-0.2, 0) is 13.0 Å². The summed E-state index contributed by atoms with van der Waals surface area (Å²) in [5, 5.41) is 4.92. The molecule has 0 spiro atoms. The Kier molecular flexibility index (Phi) is 5.47. The van der Waals surface area contributed by atoms with E-state index >= 15 is 0 Å². The van der Waals surface area contributed by atoms with E-state index in [0.29, 0.717) is 22.6 Å². The fraction of sp³-hybridized carbons (Fsp3) is 0.294. The number of hydrogen-bond acceptors (Lipinski definition) is 1. The van der Waals surface area contributed by atoms with Gasteiger partial charge in [-0.1, -0.05) is 53.5 Å². The molecule has 106 valence electrons. The summed E-state index contributed by atoms with van der Waals surface area (Å²) in [5.41, 5.74) is 3.67. The van der Waals surface area contributed by atoms with Gasteiger partial charge in [0.05, 0.1) is 0 Å². The van der Waals surface area contributed by atoms with E-state index in [1.165, 1.54) is 11.1 Å². The van der Waals surface area contributed by atoms with Crippen LogP contribution in [0.15, 0.2) is 42.5 Å². The van der Waals surface area contributed by atoms with Gasteiger partial charge in [0.2, 0.25) is 0 Å². The summed E-state index contributed by atoms with van der Waals surface area (Å²) in [6.07, 6.45) is 0.995. The third-order valence-electron chi connectivity index (χ3n) is 3.48. The Labute approximate surface area is 130 Å². The molecule has 1 N–H and O–H groups in total. The van der Waals surface area contributed by atoms with Gasteiger partial charge >= 0.3 is 0 Å². The summed E-state index contributed by atoms with van der Waals surface area (Å²) < 4.78 is 0. The Morgan fingerprint density at radius 2 is 1.65 bits per heavy atom. The molecule has 0 saturated heterocycles. The van der Waals surface area contributed by atoms with E-state index < -0.39 is 0 Å². The molecular weight excluding hydrogens is 289 g/mol. The van der Waals surface area contributed by atoms with E-state index in [-0.39, 0.29) is 0 Å². The summed E-state index contributed by atoms with van der Waals surface area (Å²) in [7, 11) is 0. The number of nitrogens with one attached hydrogen (secondary N) is 1. The summed E-state index contributed by atoms with van der Waals surface area (Å²) in [4.78, 5) is 0. The zero-order valence-corrected chi connectivity index (χ0v) is 13.3. The van der Waals surface area contributed by atoms with Crippen LogP contribution in [0.1, 0.15) is 23.6 Å². The van der Waals surface area contributed by atoms with Crippen molar-refractivity contribution in [2.45, 2.75) is 32.9 Å². The van der Waals surface area contributed by atoms with Gasteiger partial charge in [-0.2, -0.15) is 0 Å². The topological polar surface area (TPSA) is 12.0 Å². The maximum atomic E-state index is 6.17. The minimum atomic E-state index is 0.364. The molecule has 0 fully saturated rings. The second kappa shape index (κ2) is 7.12. The average Bonchev–Trinajstić information content (AvgIpc) is 2.41. The average molecular weight is 308 g/mol. The lowest BCUT2D eigenvalue weighted by atomic mass is 10.0. The second-order valence-corrected chi connectivity index (χ2v) is 5.93. The Hall–Kier alpha value is -1.02. The molecule has 3 heteroatoms. The van der Waals surface area contributed by atoms with Crippen LogP contribution in [0.2, 0.25) is 10.0 Å². The monoisotopic (exact) mass is 307 g/mol. The van der Waals surface area contributed by atoms with Crippen molar-refractivity contribution in [3.8, 4) is 0 Å². The third-order valence-corrected chi connectivity index (χ3v) is 4.18. The molecule has 1 nitrogen and oxygen atoms in total. The third kappa shape index (κ3) is 3.99. The van der Waals surface area contributed by atoms with Crippen LogP contribution in [0.25, 0.3) is 0 Å². The molecule has 0 heterocycles. The van der Waals surface area contributed by atoms with E-state index in [2.05, 4.69) is 43.4 Å². The molecule has 0 saturated carbocycles. The van der Waals surface area contributed by atoms with E-state index in [1.807, 2.05) is 18.2 Å². The zero-order valence-electron chi connectivity index (χ0n) is 11.8. The molecular formula is C17H19Cl2N. The van der Waals surface area contributed by atoms with Crippen LogP contribution < -0.4 is 5.32 Å². The van der Waals surface area contributed by atoms with Gasteiger partial charge in [0.1, 0.15) is 0 Å². The lowest BCUT2D eigenvalue weighted by Gasteiger charge is -2.16. The standard InChI is InChI=1S/C17H19Cl2N/c1-12-6-3-4-7-14(12)10-13(2)20-11-15-16(18)8-5-9-17(15)19/h3-9,13,20H,10-11H2,1-2H3. The number of aryl methyl sites for hydroxylation is 1. The first-order chi connectivity index (χ1) is 9.58. The van der Waals surface area contributed by atoms with E-state index in [0.717, 1.165) is 12.0 Å². The molecule has 1 atom stereocenters. The molecule has 0 aliphatic heterocycles. The van der Waals surface area contributed by atoms with E-state index in [9.17, 15) is 0 Å². The molecule has 0 radical (unpaired) electrons. The predicted octanol–water partition coefficient (Wildman–Crippen LogP) is 5.02. The van der Waals surface area contributed by atoms with Crippen molar-refractivity contribution in [1.82, 2.24) is 5.32 Å². The molecule has 0 aliphatic rings. The summed E-state index contributed by atoms with van der Waals surface area (Å²) >= 11 is 12.3. The van der Waals surface area contributed by atoms with Crippen LogP contribution in [0, 0.1) is 6.92 Å². The Morgan fingerprint density at radius 3 is 2.30 bits per heavy atom. The van der Waals surface area contributed by atoms with Crippen molar-refractivity contribution in [2.75, 3.05) is 0 Å². The highest BCUT2D eigenvalue weighted by molar-refractivity contribution is 6.35. The maximum absolute atomic E-state index is 6.17. The summed E-state index contributed by atoms with van der Waals surface area (Å²) in [5.74, 6) is 0. The number of halogens is 2. The highest BCUT2D eigenvalue weighted by atomic mass is 35.5. The van der Waals surface area contributed by atoms with Crippen LogP contribution in [0.3, 0.4) is 0 Å². The molecule has 0 bridgehead atoms. The van der Waals surface area contributed by atoms with Gasteiger partial charge in [0.15, 0.2) is 0 Å². The van der Waals surface area contributed by atoms with Gasteiger partial charge in [0.25, 0.3) is 0 Å². The fourth-order valence-electron chi connectivity index (χ4n) is 2.22. The summed E-state index contributed by atoms with van der Waals surface area (Å²) in [6, 6.07) is 14.4. The van der Waals surface area contributed by atoms with Gasteiger partial charge in [-0.25, -0.2) is 0 Å². The fourth-order valence-corrected chi connectivity index (χ4v) is 2.75. The predicted molar refractivity (Wildman–Crippen MR) is 87.6 cm³/mol. The Morgan fingerprint density at radius 1 is 1.00 bits per heavy atom. The van der Waals surface area contributed by atoms with Gasteiger partial charge in [-0.15, -0.1) is 0 Å². The van der Waals surface area contributed by atoms with Crippen molar-refractivity contribution in [3.63, 3.8) is 0 Å². The van der Waals surface area contributed by atoms with Gasteiger partial charge in [-0.3, -0.25) is 0 Å². The molecule has 2 rings (SSSR count). The molecule has 0 aromatic heterocycles. The minimum absolute atomic E-state index is 0.364. The summed E-state index contributed by atoms with van der Waals surface area (Å²) in [6.45, 7) is 5.01. The van der Waals surface area contributed by atoms with Crippen LogP contribution in [0.4, 0.5) is 0 Å². The Bertz CT molecular complexity index is 561. The molecule has 2 aromatic rings. The van der Waals surface area contributed by atoms with Crippen molar-refractivity contribution in [1.29, 1.82) is 0 Å². The van der Waals surface area contributed by atoms with Crippen molar-refractivity contribution < 1.29 is 0 Å². The van der Waals surface area contributed by atoms with Crippen molar-refractivity contribution in [3.05, 3.63) is 69.2 Å². The van der Waals surface area contributed by atoms with E-state index in [4.69, 9.17) is 23.2 Å². The van der Waals surface area contributed by atoms with E-state index in [1.54, 1.807) is 0 Å². The molecule has 20 heavy (non-hydrogen) atoms. The van der Waals surface area contributed by atoms with Gasteiger partial charge in [-0.05, 0) is 43.5 Å². The van der Waals surface area contributed by atoms with Gasteiger partial charge in [0, 0.05) is 28.2 Å². The van der Waals surface area contributed by atoms with Crippen LogP contribution in [-0.4, -0.2) is 6.04 Å². The first kappa shape index (κ1) is 15.4. The number of hydrogen-bond donors (Lipinski definition) is 1. The first-order valence-corrected chi connectivity index (χ1v) is 7.54. The number of rotatable bonds is 5. The smallest absolute Gasteiger partial charge is 0.0465 e. The largest absolute Gasteiger partial charge is 0.310 e. The quantitative estimate of drug-likeness (QED) is 0.817. The maximum Gasteiger partial charge on any atom is 0.0465 e. The number of benzene rings is 2. The highest BCUT2D eigenvalue weighted by Crippen LogP contribution is 2.24. The minimum Gasteiger partial charge on any atom is -0.310 e. The first-order valence-electron chi connectivity index (χ1n) is 6.78. The Balaban J connectivity index is 1.96. The lowest BCUT2D eigenvalue weighted by molar-refractivity contribution is 0.544. The second-order valence-electron chi connectivity index (χ2n) is 5.11. The zero-order chi connectivity index (χ0) is 14.5. The lowest BCUT2D eigenvalue weighted by Crippen LogP contribution is -2.28. The van der Waals surface area contributed by atoms with Crippen LogP contribution >= 0.6 is 23.2 Å².